The first-order chi connectivity index (χ1) is 9.60. The van der Waals surface area contributed by atoms with Crippen LogP contribution in [0.5, 0.6) is 5.75 Å². The van der Waals surface area contributed by atoms with E-state index in [-0.39, 0.29) is 18.0 Å². The van der Waals surface area contributed by atoms with E-state index >= 15 is 0 Å². The van der Waals surface area contributed by atoms with Crippen molar-refractivity contribution in [1.82, 2.24) is 0 Å². The van der Waals surface area contributed by atoms with Crippen LogP contribution in [0.3, 0.4) is 0 Å². The Morgan fingerprint density at radius 1 is 1.25 bits per heavy atom. The molecule has 4 heteroatoms. The lowest BCUT2D eigenvalue weighted by molar-refractivity contribution is -0.115. The fourth-order valence-corrected chi connectivity index (χ4v) is 1.94. The zero-order valence-corrected chi connectivity index (χ0v) is 11.4. The van der Waals surface area contributed by atoms with Crippen LogP contribution in [0, 0.1) is 12.7 Å². The number of para-hydroxylation sites is 1. The van der Waals surface area contributed by atoms with E-state index in [1.165, 1.54) is 6.07 Å². The predicted octanol–water partition coefficient (Wildman–Crippen LogP) is 3.32. The maximum Gasteiger partial charge on any atom is 0.229 e. The second-order valence-electron chi connectivity index (χ2n) is 4.52. The van der Waals surface area contributed by atoms with Crippen molar-refractivity contribution in [2.75, 3.05) is 12.4 Å². The number of rotatable bonds is 4. The number of carbonyl (C=O) groups excluding carboxylic acids is 1. The van der Waals surface area contributed by atoms with Crippen molar-refractivity contribution in [3.63, 3.8) is 0 Å². The van der Waals surface area contributed by atoms with Crippen molar-refractivity contribution in [2.45, 2.75) is 13.3 Å². The van der Waals surface area contributed by atoms with Crippen LogP contribution >= 0.6 is 0 Å². The predicted molar refractivity (Wildman–Crippen MR) is 76.5 cm³/mol. The van der Waals surface area contributed by atoms with Crippen LogP contribution in [0.15, 0.2) is 42.5 Å². The van der Waals surface area contributed by atoms with E-state index in [0.29, 0.717) is 5.75 Å². The molecule has 2 aromatic rings. The lowest BCUT2D eigenvalue weighted by Crippen LogP contribution is -2.15. The van der Waals surface area contributed by atoms with E-state index < -0.39 is 5.82 Å². The highest BCUT2D eigenvalue weighted by Crippen LogP contribution is 2.19. The molecule has 20 heavy (non-hydrogen) atoms. The molecule has 0 aliphatic heterocycles. The average molecular weight is 273 g/mol. The first kappa shape index (κ1) is 14.1. The first-order valence-electron chi connectivity index (χ1n) is 6.28. The average Bonchev–Trinajstić information content (AvgIpc) is 2.42. The SMILES string of the molecule is COc1ccccc1CC(=O)Nc1ccc(C)cc1F. The van der Waals surface area contributed by atoms with Gasteiger partial charge in [0.05, 0.1) is 19.2 Å². The number of hydrogen-bond acceptors (Lipinski definition) is 2. The summed E-state index contributed by atoms with van der Waals surface area (Å²) in [5.41, 5.74) is 1.76. The van der Waals surface area contributed by atoms with E-state index in [1.807, 2.05) is 18.2 Å². The topological polar surface area (TPSA) is 38.3 Å². The highest BCUT2D eigenvalue weighted by atomic mass is 19.1. The van der Waals surface area contributed by atoms with Gasteiger partial charge in [-0.25, -0.2) is 4.39 Å². The number of aryl methyl sites for hydroxylation is 1. The number of ether oxygens (including phenoxy) is 1. The summed E-state index contributed by atoms with van der Waals surface area (Å²) in [5.74, 6) is -0.0670. The maximum atomic E-state index is 13.7. The highest BCUT2D eigenvalue weighted by Gasteiger charge is 2.10. The Morgan fingerprint density at radius 2 is 2.00 bits per heavy atom. The molecule has 0 saturated carbocycles. The summed E-state index contributed by atoms with van der Waals surface area (Å²) in [5, 5.41) is 2.57. The third-order valence-corrected chi connectivity index (χ3v) is 2.94. The van der Waals surface area contributed by atoms with Crippen LogP contribution in [-0.4, -0.2) is 13.0 Å². The van der Waals surface area contributed by atoms with Gasteiger partial charge in [-0.1, -0.05) is 24.3 Å². The summed E-state index contributed by atoms with van der Waals surface area (Å²) in [6, 6.07) is 12.0. The Bertz CT molecular complexity index is 626. The molecule has 0 spiro atoms. The van der Waals surface area contributed by atoms with Gasteiger partial charge >= 0.3 is 0 Å². The van der Waals surface area contributed by atoms with Gasteiger partial charge in [-0.2, -0.15) is 0 Å². The molecule has 0 saturated heterocycles. The standard InChI is InChI=1S/C16H16FNO2/c1-11-7-8-14(13(17)9-11)18-16(19)10-12-5-3-4-6-15(12)20-2/h3-9H,10H2,1-2H3,(H,18,19). The summed E-state index contributed by atoms with van der Waals surface area (Å²) in [6.45, 7) is 1.80. The van der Waals surface area contributed by atoms with Gasteiger partial charge in [-0.15, -0.1) is 0 Å². The molecule has 0 aliphatic rings. The van der Waals surface area contributed by atoms with Crippen LogP contribution in [0.2, 0.25) is 0 Å². The molecule has 2 aromatic carbocycles. The van der Waals surface area contributed by atoms with Crippen LogP contribution in [0.4, 0.5) is 10.1 Å². The largest absolute Gasteiger partial charge is 0.496 e. The smallest absolute Gasteiger partial charge is 0.229 e. The quantitative estimate of drug-likeness (QED) is 0.928. The number of nitrogens with one attached hydrogen (secondary N) is 1. The summed E-state index contributed by atoms with van der Waals surface area (Å²) in [4.78, 5) is 12.0. The van der Waals surface area contributed by atoms with Crippen LogP contribution in [0.1, 0.15) is 11.1 Å². The molecular weight excluding hydrogens is 257 g/mol. The van der Waals surface area contributed by atoms with E-state index in [2.05, 4.69) is 5.32 Å². The van der Waals surface area contributed by atoms with Crippen LogP contribution in [-0.2, 0) is 11.2 Å². The third-order valence-electron chi connectivity index (χ3n) is 2.94. The van der Waals surface area contributed by atoms with Gasteiger partial charge in [0.25, 0.3) is 0 Å². The third kappa shape index (κ3) is 3.35. The molecule has 0 aliphatic carbocycles. The van der Waals surface area contributed by atoms with Gasteiger partial charge in [0.1, 0.15) is 11.6 Å². The molecule has 3 nitrogen and oxygen atoms in total. The Labute approximate surface area is 117 Å². The Balaban J connectivity index is 2.09. The number of anilines is 1. The van der Waals surface area contributed by atoms with Crippen molar-refractivity contribution < 1.29 is 13.9 Å². The van der Waals surface area contributed by atoms with Gasteiger partial charge in [-0.3, -0.25) is 4.79 Å². The minimum Gasteiger partial charge on any atom is -0.496 e. The van der Waals surface area contributed by atoms with Crippen molar-refractivity contribution in [1.29, 1.82) is 0 Å². The maximum absolute atomic E-state index is 13.7. The van der Waals surface area contributed by atoms with E-state index in [0.717, 1.165) is 11.1 Å². The summed E-state index contributed by atoms with van der Waals surface area (Å²) in [7, 11) is 1.55. The number of amides is 1. The van der Waals surface area contributed by atoms with Crippen molar-refractivity contribution in [3.05, 3.63) is 59.4 Å². The minimum absolute atomic E-state index is 0.136. The van der Waals surface area contributed by atoms with Crippen LogP contribution in [0.25, 0.3) is 0 Å². The Morgan fingerprint density at radius 3 is 2.70 bits per heavy atom. The number of halogens is 1. The zero-order valence-electron chi connectivity index (χ0n) is 11.4. The van der Waals surface area contributed by atoms with E-state index in [9.17, 15) is 9.18 Å². The number of methoxy groups -OCH3 is 1. The highest BCUT2D eigenvalue weighted by molar-refractivity contribution is 5.92. The molecular formula is C16H16FNO2. The summed E-state index contributed by atoms with van der Waals surface area (Å²) >= 11 is 0. The lowest BCUT2D eigenvalue weighted by atomic mass is 10.1. The van der Waals surface area contributed by atoms with Crippen LogP contribution < -0.4 is 10.1 Å². The van der Waals surface area contributed by atoms with Crippen molar-refractivity contribution >= 4 is 11.6 Å². The Hall–Kier alpha value is -2.36. The molecule has 2 rings (SSSR count). The van der Waals surface area contributed by atoms with E-state index in [4.69, 9.17) is 4.74 Å². The fraction of sp³-hybridized carbons (Fsp3) is 0.188. The first-order valence-corrected chi connectivity index (χ1v) is 6.28. The molecule has 0 fully saturated rings. The molecule has 0 heterocycles. The van der Waals surface area contributed by atoms with E-state index in [1.54, 1.807) is 32.2 Å². The number of hydrogen-bond donors (Lipinski definition) is 1. The van der Waals surface area contributed by atoms with Crippen molar-refractivity contribution in [3.8, 4) is 5.75 Å². The monoisotopic (exact) mass is 273 g/mol. The molecule has 0 atom stereocenters. The molecule has 0 unspecified atom stereocenters. The lowest BCUT2D eigenvalue weighted by Gasteiger charge is -2.09. The molecule has 0 bridgehead atoms. The van der Waals surface area contributed by atoms with Gasteiger partial charge < -0.3 is 10.1 Å². The van der Waals surface area contributed by atoms with Gasteiger partial charge in [0.15, 0.2) is 0 Å². The van der Waals surface area contributed by atoms with Gasteiger partial charge in [0, 0.05) is 5.56 Å². The molecule has 1 amide bonds. The normalized spacial score (nSPS) is 10.2. The van der Waals surface area contributed by atoms with Crippen molar-refractivity contribution in [2.24, 2.45) is 0 Å². The fourth-order valence-electron chi connectivity index (χ4n) is 1.94. The molecule has 1 N–H and O–H groups in total. The van der Waals surface area contributed by atoms with Gasteiger partial charge in [-0.05, 0) is 30.7 Å². The summed E-state index contributed by atoms with van der Waals surface area (Å²) in [6.07, 6.45) is 0.136. The molecule has 0 radical (unpaired) electrons. The Kier molecular flexibility index (Phi) is 4.35. The number of carbonyl (C=O) groups is 1. The number of benzene rings is 2. The molecule has 0 aromatic heterocycles. The second kappa shape index (κ2) is 6.19. The molecule has 104 valence electrons. The minimum atomic E-state index is -0.432. The zero-order chi connectivity index (χ0) is 14.5. The second-order valence-corrected chi connectivity index (χ2v) is 4.52. The summed E-state index contributed by atoms with van der Waals surface area (Å²) < 4.78 is 18.8. The van der Waals surface area contributed by atoms with Gasteiger partial charge in [0.2, 0.25) is 5.91 Å².